The summed E-state index contributed by atoms with van der Waals surface area (Å²) >= 11 is 0. The Balaban J connectivity index is 1.32. The van der Waals surface area contributed by atoms with Gasteiger partial charge in [-0.25, -0.2) is 4.98 Å². The van der Waals surface area contributed by atoms with Crippen LogP contribution in [0.4, 0.5) is 0 Å². The predicted octanol–water partition coefficient (Wildman–Crippen LogP) is 2.61. The molecule has 2 saturated heterocycles. The maximum absolute atomic E-state index is 12.9. The maximum atomic E-state index is 12.9. The molecule has 1 aromatic heterocycles. The zero-order valence-corrected chi connectivity index (χ0v) is 14.8. The standard InChI is InChI=1S/C20H26N4O/c1-22-14-10-21-19(22)15-23-11-7-17(8-12-23)20(25)24-13-9-18(24)16-5-3-2-4-6-16/h2-6,10,14,17-18H,7-9,11-13,15H2,1H3/t18-/m0/s1. The first-order valence-corrected chi connectivity index (χ1v) is 9.26. The lowest BCUT2D eigenvalue weighted by molar-refractivity contribution is -0.145. The number of hydrogen-bond donors (Lipinski definition) is 0. The van der Waals surface area contributed by atoms with Crippen LogP contribution in [0, 0.1) is 5.92 Å². The third kappa shape index (κ3) is 3.33. The van der Waals surface area contributed by atoms with Crippen molar-refractivity contribution < 1.29 is 4.79 Å². The minimum atomic E-state index is 0.184. The Hall–Kier alpha value is -2.14. The second-order valence-electron chi connectivity index (χ2n) is 7.25. The van der Waals surface area contributed by atoms with Gasteiger partial charge in [-0.1, -0.05) is 30.3 Å². The number of amides is 1. The number of benzene rings is 1. The second kappa shape index (κ2) is 7.00. The fraction of sp³-hybridized carbons (Fsp3) is 0.500. The third-order valence-corrected chi connectivity index (χ3v) is 5.71. The summed E-state index contributed by atoms with van der Waals surface area (Å²) in [5.41, 5.74) is 1.27. The fourth-order valence-corrected chi connectivity index (χ4v) is 3.99. The van der Waals surface area contributed by atoms with Crippen molar-refractivity contribution in [3.8, 4) is 0 Å². The second-order valence-corrected chi connectivity index (χ2v) is 7.25. The average Bonchev–Trinajstić information content (AvgIpc) is 3.00. The zero-order valence-electron chi connectivity index (χ0n) is 14.8. The summed E-state index contributed by atoms with van der Waals surface area (Å²) in [5.74, 6) is 1.64. The molecule has 0 unspecified atom stereocenters. The lowest BCUT2D eigenvalue weighted by Crippen LogP contribution is -2.49. The number of aryl methyl sites for hydroxylation is 1. The van der Waals surface area contributed by atoms with Crippen molar-refractivity contribution in [1.82, 2.24) is 19.4 Å². The van der Waals surface area contributed by atoms with Crippen molar-refractivity contribution in [2.45, 2.75) is 31.8 Å². The normalized spacial score (nSPS) is 22.0. The van der Waals surface area contributed by atoms with Crippen LogP contribution in [0.2, 0.25) is 0 Å². The highest BCUT2D eigenvalue weighted by atomic mass is 16.2. The molecule has 5 nitrogen and oxygen atoms in total. The Morgan fingerprint density at radius 3 is 2.48 bits per heavy atom. The Kier molecular flexibility index (Phi) is 4.57. The van der Waals surface area contributed by atoms with Crippen LogP contribution in [0.3, 0.4) is 0 Å². The topological polar surface area (TPSA) is 41.4 Å². The number of nitrogens with zero attached hydrogens (tertiary/aromatic N) is 4. The van der Waals surface area contributed by atoms with E-state index in [-0.39, 0.29) is 5.92 Å². The Morgan fingerprint density at radius 2 is 1.88 bits per heavy atom. The number of rotatable bonds is 4. The first-order valence-electron chi connectivity index (χ1n) is 9.26. The molecular formula is C20H26N4O. The van der Waals surface area contributed by atoms with E-state index in [1.807, 2.05) is 25.5 Å². The zero-order chi connectivity index (χ0) is 17.2. The molecule has 1 aromatic carbocycles. The van der Waals surface area contributed by atoms with Gasteiger partial charge in [-0.15, -0.1) is 0 Å². The van der Waals surface area contributed by atoms with Crippen LogP contribution >= 0.6 is 0 Å². The molecule has 3 heterocycles. The molecule has 0 bridgehead atoms. The third-order valence-electron chi connectivity index (χ3n) is 5.71. The summed E-state index contributed by atoms with van der Waals surface area (Å²) < 4.78 is 2.07. The molecule has 1 atom stereocenters. The van der Waals surface area contributed by atoms with Crippen LogP contribution < -0.4 is 0 Å². The quantitative estimate of drug-likeness (QED) is 0.860. The average molecular weight is 338 g/mol. The Bertz CT molecular complexity index is 718. The van der Waals surface area contributed by atoms with Crippen LogP contribution in [0.1, 0.15) is 36.7 Å². The van der Waals surface area contributed by atoms with Gasteiger partial charge in [0.05, 0.1) is 12.6 Å². The van der Waals surface area contributed by atoms with E-state index in [1.165, 1.54) is 5.56 Å². The van der Waals surface area contributed by atoms with Gasteiger partial charge >= 0.3 is 0 Å². The molecule has 2 fully saturated rings. The van der Waals surface area contributed by atoms with Crippen LogP contribution in [0.25, 0.3) is 0 Å². The van der Waals surface area contributed by atoms with Crippen molar-refractivity contribution in [1.29, 1.82) is 0 Å². The van der Waals surface area contributed by atoms with Gasteiger partial charge in [-0.3, -0.25) is 9.69 Å². The summed E-state index contributed by atoms with van der Waals surface area (Å²) in [6.07, 6.45) is 6.84. The number of imidazole rings is 1. The number of piperidine rings is 1. The molecule has 2 aliphatic heterocycles. The summed E-state index contributed by atoms with van der Waals surface area (Å²) in [7, 11) is 2.03. The highest BCUT2D eigenvalue weighted by molar-refractivity contribution is 5.80. The fourth-order valence-electron chi connectivity index (χ4n) is 3.99. The van der Waals surface area contributed by atoms with Gasteiger partial charge in [0, 0.05) is 31.9 Å². The number of hydrogen-bond acceptors (Lipinski definition) is 3. The summed E-state index contributed by atoms with van der Waals surface area (Å²) in [5, 5.41) is 0. The van der Waals surface area contributed by atoms with Crippen LogP contribution in [-0.2, 0) is 18.4 Å². The molecule has 25 heavy (non-hydrogen) atoms. The minimum Gasteiger partial charge on any atom is -0.337 e. The predicted molar refractivity (Wildman–Crippen MR) is 96.7 cm³/mol. The highest BCUT2D eigenvalue weighted by Gasteiger charge is 2.37. The van der Waals surface area contributed by atoms with E-state index < -0.39 is 0 Å². The molecule has 132 valence electrons. The molecule has 5 heteroatoms. The van der Waals surface area contributed by atoms with Gasteiger partial charge < -0.3 is 9.47 Å². The Labute approximate surface area is 149 Å². The van der Waals surface area contributed by atoms with Gasteiger partial charge in [0.1, 0.15) is 5.82 Å². The highest BCUT2D eigenvalue weighted by Crippen LogP contribution is 2.35. The number of carbonyl (C=O) groups is 1. The van der Waals surface area contributed by atoms with Crippen molar-refractivity contribution in [3.05, 3.63) is 54.1 Å². The lowest BCUT2D eigenvalue weighted by Gasteiger charge is -2.44. The van der Waals surface area contributed by atoms with Gasteiger partial charge in [0.2, 0.25) is 5.91 Å². The molecule has 0 radical (unpaired) electrons. The monoisotopic (exact) mass is 338 g/mol. The smallest absolute Gasteiger partial charge is 0.226 e. The van der Waals surface area contributed by atoms with Crippen molar-refractivity contribution in [2.75, 3.05) is 19.6 Å². The SMILES string of the molecule is Cn1ccnc1CN1CCC(C(=O)N2CC[C@H]2c2ccccc2)CC1. The van der Waals surface area contributed by atoms with Gasteiger partial charge in [-0.2, -0.15) is 0 Å². The summed E-state index contributed by atoms with van der Waals surface area (Å²) in [4.78, 5) is 21.8. The van der Waals surface area contributed by atoms with E-state index in [9.17, 15) is 4.79 Å². The first-order chi connectivity index (χ1) is 12.2. The van der Waals surface area contributed by atoms with Crippen molar-refractivity contribution in [2.24, 2.45) is 13.0 Å². The molecule has 2 aromatic rings. The van der Waals surface area contributed by atoms with Gasteiger partial charge in [0.15, 0.2) is 0 Å². The Morgan fingerprint density at radius 1 is 1.12 bits per heavy atom. The number of carbonyl (C=O) groups excluding carboxylic acids is 1. The minimum absolute atomic E-state index is 0.184. The number of likely N-dealkylation sites (tertiary alicyclic amines) is 2. The summed E-state index contributed by atoms with van der Waals surface area (Å²) in [6.45, 7) is 3.74. The first kappa shape index (κ1) is 16.3. The maximum Gasteiger partial charge on any atom is 0.226 e. The van der Waals surface area contributed by atoms with E-state index in [2.05, 4.69) is 43.6 Å². The molecular weight excluding hydrogens is 312 g/mol. The van der Waals surface area contributed by atoms with E-state index in [1.54, 1.807) is 0 Å². The molecule has 2 aliphatic rings. The van der Waals surface area contributed by atoms with Crippen LogP contribution in [-0.4, -0.2) is 44.9 Å². The van der Waals surface area contributed by atoms with E-state index >= 15 is 0 Å². The molecule has 0 saturated carbocycles. The van der Waals surface area contributed by atoms with E-state index in [4.69, 9.17) is 0 Å². The lowest BCUT2D eigenvalue weighted by atomic mass is 9.89. The number of aromatic nitrogens is 2. The summed E-state index contributed by atoms with van der Waals surface area (Å²) in [6, 6.07) is 10.7. The molecule has 0 spiro atoms. The van der Waals surface area contributed by atoms with Crippen molar-refractivity contribution in [3.63, 3.8) is 0 Å². The van der Waals surface area contributed by atoms with Crippen molar-refractivity contribution >= 4 is 5.91 Å². The van der Waals surface area contributed by atoms with Gasteiger partial charge in [0.25, 0.3) is 0 Å². The van der Waals surface area contributed by atoms with Crippen LogP contribution in [0.15, 0.2) is 42.7 Å². The molecule has 1 amide bonds. The van der Waals surface area contributed by atoms with Crippen LogP contribution in [0.5, 0.6) is 0 Å². The largest absolute Gasteiger partial charge is 0.337 e. The van der Waals surface area contributed by atoms with Gasteiger partial charge in [-0.05, 0) is 37.9 Å². The molecule has 4 rings (SSSR count). The van der Waals surface area contributed by atoms with E-state index in [0.717, 1.165) is 51.3 Å². The molecule has 0 N–H and O–H groups in total. The molecule has 0 aliphatic carbocycles. The van der Waals surface area contributed by atoms with E-state index in [0.29, 0.717) is 11.9 Å².